The van der Waals surface area contributed by atoms with Crippen LogP contribution in [0.4, 0.5) is 0 Å². The van der Waals surface area contributed by atoms with E-state index in [9.17, 15) is 4.79 Å². The predicted molar refractivity (Wildman–Crippen MR) is 43.1 cm³/mol. The highest BCUT2D eigenvalue weighted by Crippen LogP contribution is 2.18. The van der Waals surface area contributed by atoms with Gasteiger partial charge < -0.3 is 4.74 Å². The van der Waals surface area contributed by atoms with E-state index in [-0.39, 0.29) is 18.0 Å². The molecule has 0 radical (unpaired) electrons. The van der Waals surface area contributed by atoms with Gasteiger partial charge >= 0.3 is 5.97 Å². The second-order valence-electron chi connectivity index (χ2n) is 3.10. The third kappa shape index (κ3) is 2.37. The van der Waals surface area contributed by atoms with Crippen molar-refractivity contribution in [2.24, 2.45) is 5.92 Å². The van der Waals surface area contributed by atoms with E-state index in [4.69, 9.17) is 4.74 Å². The van der Waals surface area contributed by atoms with E-state index in [1.165, 1.54) is 0 Å². The summed E-state index contributed by atoms with van der Waals surface area (Å²) in [4.78, 5) is 11.2. The fraction of sp³-hybridized carbons (Fsp3) is 0.667. The number of carbonyl (C=O) groups is 1. The van der Waals surface area contributed by atoms with Crippen molar-refractivity contribution in [1.29, 1.82) is 0 Å². The molecule has 0 spiro atoms. The molecule has 0 fully saturated rings. The summed E-state index contributed by atoms with van der Waals surface area (Å²) in [6.45, 7) is 3.74. The molecular formula is C9H14O2. The Morgan fingerprint density at radius 1 is 1.64 bits per heavy atom. The highest BCUT2D eigenvalue weighted by atomic mass is 16.5. The van der Waals surface area contributed by atoms with Crippen LogP contribution < -0.4 is 0 Å². The molecule has 0 aliphatic heterocycles. The highest BCUT2D eigenvalue weighted by molar-refractivity contribution is 5.75. The van der Waals surface area contributed by atoms with Crippen molar-refractivity contribution in [3.05, 3.63) is 12.2 Å². The molecule has 0 amide bonds. The maximum atomic E-state index is 11.2. The molecule has 1 aliphatic carbocycles. The monoisotopic (exact) mass is 154 g/mol. The molecular weight excluding hydrogens is 140 g/mol. The number of esters is 1. The molecule has 0 N–H and O–H groups in total. The van der Waals surface area contributed by atoms with Crippen LogP contribution in [0.25, 0.3) is 0 Å². The molecule has 2 nitrogen and oxygen atoms in total. The lowest BCUT2D eigenvalue weighted by Crippen LogP contribution is -2.18. The van der Waals surface area contributed by atoms with Crippen molar-refractivity contribution < 1.29 is 9.53 Å². The van der Waals surface area contributed by atoms with Crippen LogP contribution in [0.15, 0.2) is 12.2 Å². The molecule has 62 valence electrons. The highest BCUT2D eigenvalue weighted by Gasteiger charge is 2.19. The largest absolute Gasteiger partial charge is 0.463 e. The van der Waals surface area contributed by atoms with Crippen LogP contribution in [-0.4, -0.2) is 12.1 Å². The Bertz CT molecular complexity index is 170. The van der Waals surface area contributed by atoms with Gasteiger partial charge in [-0.15, -0.1) is 0 Å². The van der Waals surface area contributed by atoms with E-state index in [0.717, 1.165) is 12.8 Å². The molecule has 11 heavy (non-hydrogen) atoms. The van der Waals surface area contributed by atoms with Gasteiger partial charge in [-0.2, -0.15) is 0 Å². The fourth-order valence-corrected chi connectivity index (χ4v) is 1.15. The van der Waals surface area contributed by atoms with Gasteiger partial charge in [-0.05, 0) is 26.7 Å². The molecule has 0 aromatic rings. The Morgan fingerprint density at radius 2 is 2.36 bits per heavy atom. The van der Waals surface area contributed by atoms with Crippen molar-refractivity contribution in [1.82, 2.24) is 0 Å². The van der Waals surface area contributed by atoms with E-state index in [0.29, 0.717) is 0 Å². The van der Waals surface area contributed by atoms with Crippen LogP contribution in [0.2, 0.25) is 0 Å². The van der Waals surface area contributed by atoms with Gasteiger partial charge in [-0.3, -0.25) is 4.79 Å². The number of rotatable bonds is 2. The molecule has 0 saturated heterocycles. The van der Waals surface area contributed by atoms with E-state index in [2.05, 4.69) is 0 Å². The van der Waals surface area contributed by atoms with Gasteiger partial charge in [-0.25, -0.2) is 0 Å². The minimum atomic E-state index is -0.0752. The predicted octanol–water partition coefficient (Wildman–Crippen LogP) is 1.90. The summed E-state index contributed by atoms with van der Waals surface area (Å²) < 4.78 is 5.04. The summed E-state index contributed by atoms with van der Waals surface area (Å²) in [5, 5.41) is 0. The minimum absolute atomic E-state index is 0.0106. The number of ether oxygens (including phenoxy) is 1. The Kier molecular flexibility index (Phi) is 2.69. The first-order chi connectivity index (χ1) is 5.20. The molecule has 1 unspecified atom stereocenters. The minimum Gasteiger partial charge on any atom is -0.463 e. The summed E-state index contributed by atoms with van der Waals surface area (Å²) in [6, 6.07) is 0. The van der Waals surface area contributed by atoms with Crippen molar-refractivity contribution in [3.63, 3.8) is 0 Å². The normalized spacial score (nSPS) is 22.6. The quantitative estimate of drug-likeness (QED) is 0.448. The zero-order valence-electron chi connectivity index (χ0n) is 7.04. The van der Waals surface area contributed by atoms with Crippen LogP contribution >= 0.6 is 0 Å². The number of carbonyl (C=O) groups excluding carboxylic acids is 1. The Labute approximate surface area is 67.2 Å². The van der Waals surface area contributed by atoms with Crippen molar-refractivity contribution in [2.75, 3.05) is 0 Å². The van der Waals surface area contributed by atoms with Gasteiger partial charge in [0.15, 0.2) is 0 Å². The summed E-state index contributed by atoms with van der Waals surface area (Å²) >= 11 is 0. The molecule has 1 rings (SSSR count). The Morgan fingerprint density at radius 3 is 2.82 bits per heavy atom. The first kappa shape index (κ1) is 8.31. The van der Waals surface area contributed by atoms with Gasteiger partial charge in [-0.1, -0.05) is 12.2 Å². The van der Waals surface area contributed by atoms with Gasteiger partial charge in [0.1, 0.15) is 0 Å². The Balaban J connectivity index is 2.35. The summed E-state index contributed by atoms with van der Waals surface area (Å²) in [7, 11) is 0. The van der Waals surface area contributed by atoms with E-state index >= 15 is 0 Å². The van der Waals surface area contributed by atoms with E-state index in [1.54, 1.807) is 0 Å². The topological polar surface area (TPSA) is 26.3 Å². The van der Waals surface area contributed by atoms with Crippen LogP contribution in [0.3, 0.4) is 0 Å². The van der Waals surface area contributed by atoms with E-state index in [1.807, 2.05) is 26.0 Å². The van der Waals surface area contributed by atoms with Crippen LogP contribution in [0.1, 0.15) is 26.7 Å². The zero-order chi connectivity index (χ0) is 8.27. The second-order valence-corrected chi connectivity index (χ2v) is 3.10. The van der Waals surface area contributed by atoms with E-state index < -0.39 is 0 Å². The maximum Gasteiger partial charge on any atom is 0.313 e. The van der Waals surface area contributed by atoms with Gasteiger partial charge in [0.2, 0.25) is 0 Å². The summed E-state index contributed by atoms with van der Waals surface area (Å²) in [5.41, 5.74) is 0. The molecule has 0 aromatic carbocycles. The molecule has 1 aliphatic rings. The van der Waals surface area contributed by atoms with Crippen molar-refractivity contribution in [2.45, 2.75) is 32.8 Å². The summed E-state index contributed by atoms with van der Waals surface area (Å²) in [6.07, 6.45) is 5.91. The molecule has 0 aromatic heterocycles. The lowest BCUT2D eigenvalue weighted by atomic mass is 10.1. The van der Waals surface area contributed by atoms with Gasteiger partial charge in [0, 0.05) is 0 Å². The van der Waals surface area contributed by atoms with Gasteiger partial charge in [0.05, 0.1) is 12.0 Å². The second kappa shape index (κ2) is 3.56. The lowest BCUT2D eigenvalue weighted by molar-refractivity contribution is -0.150. The molecule has 2 heteroatoms. The molecule has 0 heterocycles. The Hall–Kier alpha value is -0.790. The van der Waals surface area contributed by atoms with Crippen LogP contribution in [-0.2, 0) is 9.53 Å². The standard InChI is InChI=1S/C9H14O2/c1-7(2)11-9(10)8-5-3-4-6-8/h3,5,7-8H,4,6H2,1-2H3. The first-order valence-electron chi connectivity index (χ1n) is 4.07. The summed E-state index contributed by atoms with van der Waals surface area (Å²) in [5.74, 6) is -0.0499. The van der Waals surface area contributed by atoms with Gasteiger partial charge in [0.25, 0.3) is 0 Å². The first-order valence-corrected chi connectivity index (χ1v) is 4.07. The third-order valence-corrected chi connectivity index (χ3v) is 1.67. The number of allylic oxidation sites excluding steroid dienone is 1. The molecule has 0 saturated carbocycles. The third-order valence-electron chi connectivity index (χ3n) is 1.67. The number of hydrogen-bond acceptors (Lipinski definition) is 2. The zero-order valence-corrected chi connectivity index (χ0v) is 7.04. The smallest absolute Gasteiger partial charge is 0.313 e. The number of hydrogen-bond donors (Lipinski definition) is 0. The fourth-order valence-electron chi connectivity index (χ4n) is 1.15. The molecule has 1 atom stereocenters. The van der Waals surface area contributed by atoms with Crippen LogP contribution in [0, 0.1) is 5.92 Å². The van der Waals surface area contributed by atoms with Crippen LogP contribution in [0.5, 0.6) is 0 Å². The van der Waals surface area contributed by atoms with Crippen molar-refractivity contribution in [3.8, 4) is 0 Å². The van der Waals surface area contributed by atoms with Crippen molar-refractivity contribution >= 4 is 5.97 Å². The SMILES string of the molecule is CC(C)OC(=O)C1C=CCC1. The average molecular weight is 154 g/mol. The lowest BCUT2D eigenvalue weighted by Gasteiger charge is -2.10. The maximum absolute atomic E-state index is 11.2. The average Bonchev–Trinajstić information content (AvgIpc) is 2.35. The molecule has 0 bridgehead atoms.